The predicted molar refractivity (Wildman–Crippen MR) is 85.0 cm³/mol. The van der Waals surface area contributed by atoms with Crippen LogP contribution in [0.25, 0.3) is 0 Å². The molecule has 2 rings (SSSR count). The van der Waals surface area contributed by atoms with Crippen LogP contribution in [-0.2, 0) is 6.42 Å². The van der Waals surface area contributed by atoms with Crippen LogP contribution in [0.2, 0.25) is 0 Å². The maximum atomic E-state index is 3.74. The Morgan fingerprint density at radius 2 is 2.05 bits per heavy atom. The third-order valence-electron chi connectivity index (χ3n) is 4.52. The van der Waals surface area contributed by atoms with Crippen molar-refractivity contribution in [2.24, 2.45) is 0 Å². The lowest BCUT2D eigenvalue weighted by Crippen LogP contribution is -2.45. The molecule has 0 aromatic carbocycles. The third-order valence-corrected chi connectivity index (χ3v) is 5.42. The zero-order chi connectivity index (χ0) is 13.7. The molecule has 1 fully saturated rings. The van der Waals surface area contributed by atoms with Crippen molar-refractivity contribution in [3.8, 4) is 0 Å². The van der Waals surface area contributed by atoms with Crippen LogP contribution in [-0.4, -0.2) is 36.6 Å². The molecule has 0 radical (unpaired) electrons. The van der Waals surface area contributed by atoms with Crippen LogP contribution >= 0.6 is 11.3 Å². The molecule has 0 saturated heterocycles. The molecule has 3 heteroatoms. The van der Waals surface area contributed by atoms with Crippen LogP contribution in [0.15, 0.2) is 17.5 Å². The minimum absolute atomic E-state index is 0.607. The highest BCUT2D eigenvalue weighted by Gasteiger charge is 2.19. The average molecular weight is 280 g/mol. The topological polar surface area (TPSA) is 15.3 Å². The van der Waals surface area contributed by atoms with Crippen molar-refractivity contribution < 1.29 is 0 Å². The van der Waals surface area contributed by atoms with Crippen LogP contribution in [0.4, 0.5) is 0 Å². The number of rotatable bonds is 7. The van der Waals surface area contributed by atoms with E-state index in [9.17, 15) is 0 Å². The first-order chi connectivity index (χ1) is 9.16. The Kier molecular flexibility index (Phi) is 5.86. The van der Waals surface area contributed by atoms with Gasteiger partial charge in [0.15, 0.2) is 0 Å². The van der Waals surface area contributed by atoms with Crippen molar-refractivity contribution in [3.05, 3.63) is 22.4 Å². The molecule has 0 aliphatic heterocycles. The van der Waals surface area contributed by atoms with Gasteiger partial charge in [-0.3, -0.25) is 4.90 Å². The van der Waals surface area contributed by atoms with Crippen LogP contribution in [0.1, 0.15) is 44.4 Å². The summed E-state index contributed by atoms with van der Waals surface area (Å²) >= 11 is 1.87. The highest BCUT2D eigenvalue weighted by Crippen LogP contribution is 2.18. The Balaban J connectivity index is 1.72. The highest BCUT2D eigenvalue weighted by atomic mass is 32.1. The molecule has 1 N–H and O–H groups in total. The van der Waals surface area contributed by atoms with Crippen molar-refractivity contribution in [2.75, 3.05) is 13.6 Å². The molecule has 1 aliphatic rings. The van der Waals surface area contributed by atoms with Gasteiger partial charge in [0.25, 0.3) is 0 Å². The van der Waals surface area contributed by atoms with E-state index in [0.29, 0.717) is 12.1 Å². The first kappa shape index (κ1) is 15.0. The minimum atomic E-state index is 0.607. The molecular weight excluding hydrogens is 252 g/mol. The van der Waals surface area contributed by atoms with Crippen molar-refractivity contribution in [2.45, 2.75) is 64.1 Å². The lowest BCUT2D eigenvalue weighted by molar-refractivity contribution is 0.188. The van der Waals surface area contributed by atoms with E-state index in [2.05, 4.69) is 48.6 Å². The van der Waals surface area contributed by atoms with Gasteiger partial charge in [-0.15, -0.1) is 11.3 Å². The van der Waals surface area contributed by atoms with E-state index in [1.54, 1.807) is 0 Å². The molecule has 0 spiro atoms. The molecule has 1 aromatic rings. The fourth-order valence-corrected chi connectivity index (χ4v) is 3.74. The van der Waals surface area contributed by atoms with Gasteiger partial charge in [0.1, 0.15) is 0 Å². The second-order valence-corrected chi connectivity index (χ2v) is 7.07. The van der Waals surface area contributed by atoms with Crippen molar-refractivity contribution in [3.63, 3.8) is 0 Å². The summed E-state index contributed by atoms with van der Waals surface area (Å²) in [6.07, 6.45) is 6.75. The summed E-state index contributed by atoms with van der Waals surface area (Å²) in [6, 6.07) is 6.40. The number of nitrogens with zero attached hydrogens (tertiary/aromatic N) is 1. The molecule has 1 aliphatic carbocycles. The number of hydrogen-bond donors (Lipinski definition) is 1. The standard InChI is InChI=1S/C16H28N2S/c1-13(11-16-9-6-10-19-16)18(3)14(2)12-17-15-7-4-5-8-15/h6,9-10,13-15,17H,4-5,7-8,11-12H2,1-3H3. The number of likely N-dealkylation sites (N-methyl/N-ethyl adjacent to an activating group) is 1. The fourth-order valence-electron chi connectivity index (χ4n) is 2.91. The molecule has 2 unspecified atom stereocenters. The summed E-state index contributed by atoms with van der Waals surface area (Å²) < 4.78 is 0. The molecular formula is C16H28N2S. The van der Waals surface area contributed by atoms with E-state index in [-0.39, 0.29) is 0 Å². The van der Waals surface area contributed by atoms with Crippen molar-refractivity contribution in [1.29, 1.82) is 0 Å². The van der Waals surface area contributed by atoms with Gasteiger partial charge >= 0.3 is 0 Å². The van der Waals surface area contributed by atoms with Gasteiger partial charge in [-0.1, -0.05) is 18.9 Å². The normalized spacial score (nSPS) is 20.0. The smallest absolute Gasteiger partial charge is 0.0192 e. The minimum Gasteiger partial charge on any atom is -0.312 e. The first-order valence-electron chi connectivity index (χ1n) is 7.64. The number of nitrogens with one attached hydrogen (secondary N) is 1. The molecule has 0 bridgehead atoms. The van der Waals surface area contributed by atoms with Gasteiger partial charge in [0.2, 0.25) is 0 Å². The first-order valence-corrected chi connectivity index (χ1v) is 8.52. The van der Waals surface area contributed by atoms with E-state index in [1.165, 1.54) is 37.0 Å². The third kappa shape index (κ3) is 4.59. The van der Waals surface area contributed by atoms with Crippen molar-refractivity contribution >= 4 is 11.3 Å². The molecule has 0 amide bonds. The summed E-state index contributed by atoms with van der Waals surface area (Å²) in [5, 5.41) is 5.91. The molecule has 108 valence electrons. The Bertz CT molecular complexity index is 344. The van der Waals surface area contributed by atoms with E-state index in [1.807, 2.05) is 11.3 Å². The van der Waals surface area contributed by atoms with E-state index in [0.717, 1.165) is 12.6 Å². The van der Waals surface area contributed by atoms with E-state index < -0.39 is 0 Å². The second kappa shape index (κ2) is 7.41. The summed E-state index contributed by atoms with van der Waals surface area (Å²) in [6.45, 7) is 5.80. The quantitative estimate of drug-likeness (QED) is 0.822. The van der Waals surface area contributed by atoms with Crippen LogP contribution in [0.5, 0.6) is 0 Å². The van der Waals surface area contributed by atoms with Crippen LogP contribution in [0, 0.1) is 0 Å². The Hall–Kier alpha value is -0.380. The van der Waals surface area contributed by atoms with E-state index in [4.69, 9.17) is 0 Å². The lowest BCUT2D eigenvalue weighted by Gasteiger charge is -2.31. The second-order valence-electron chi connectivity index (χ2n) is 6.04. The zero-order valence-electron chi connectivity index (χ0n) is 12.6. The van der Waals surface area contributed by atoms with Crippen LogP contribution < -0.4 is 5.32 Å². The Labute approximate surface area is 122 Å². The molecule has 2 nitrogen and oxygen atoms in total. The van der Waals surface area contributed by atoms with Gasteiger partial charge in [-0.05, 0) is 51.6 Å². The fraction of sp³-hybridized carbons (Fsp3) is 0.750. The number of hydrogen-bond acceptors (Lipinski definition) is 3. The summed E-state index contributed by atoms with van der Waals surface area (Å²) in [4.78, 5) is 4.01. The summed E-state index contributed by atoms with van der Waals surface area (Å²) in [5.41, 5.74) is 0. The lowest BCUT2D eigenvalue weighted by atomic mass is 10.1. The largest absolute Gasteiger partial charge is 0.312 e. The average Bonchev–Trinajstić information content (AvgIpc) is 3.07. The molecule has 1 saturated carbocycles. The van der Waals surface area contributed by atoms with Gasteiger partial charge in [0.05, 0.1) is 0 Å². The van der Waals surface area contributed by atoms with E-state index >= 15 is 0 Å². The monoisotopic (exact) mass is 280 g/mol. The number of thiophene rings is 1. The molecule has 1 aromatic heterocycles. The molecule has 1 heterocycles. The zero-order valence-corrected chi connectivity index (χ0v) is 13.4. The summed E-state index contributed by atoms with van der Waals surface area (Å²) in [7, 11) is 2.26. The van der Waals surface area contributed by atoms with Gasteiger partial charge < -0.3 is 5.32 Å². The maximum absolute atomic E-state index is 3.74. The summed E-state index contributed by atoms with van der Waals surface area (Å²) in [5.74, 6) is 0. The predicted octanol–water partition coefficient (Wildman–Crippen LogP) is 3.53. The Morgan fingerprint density at radius 1 is 1.32 bits per heavy atom. The molecule has 19 heavy (non-hydrogen) atoms. The van der Waals surface area contributed by atoms with Gasteiger partial charge in [-0.2, -0.15) is 0 Å². The van der Waals surface area contributed by atoms with Gasteiger partial charge in [0, 0.05) is 29.5 Å². The SMILES string of the molecule is CC(CNC1CCCC1)N(C)C(C)Cc1cccs1. The Morgan fingerprint density at radius 3 is 2.68 bits per heavy atom. The van der Waals surface area contributed by atoms with Gasteiger partial charge in [-0.25, -0.2) is 0 Å². The van der Waals surface area contributed by atoms with Crippen LogP contribution in [0.3, 0.4) is 0 Å². The molecule has 2 atom stereocenters. The highest BCUT2D eigenvalue weighted by molar-refractivity contribution is 7.09. The maximum Gasteiger partial charge on any atom is 0.0192 e. The van der Waals surface area contributed by atoms with Crippen molar-refractivity contribution in [1.82, 2.24) is 10.2 Å².